The molecule has 0 saturated carbocycles. The van der Waals surface area contributed by atoms with E-state index in [2.05, 4.69) is 21.4 Å². The Balaban J connectivity index is 1.60. The Morgan fingerprint density at radius 3 is 2.91 bits per heavy atom. The molecule has 0 aliphatic heterocycles. The standard InChI is InChI=1S/C17H17N3O2/c1-22-17-9-7-13(11-19-17)20-16(21)8-6-12-10-18-15-5-3-2-4-14(12)15/h2-5,7,9-11,18H,6,8H2,1H3,(H,20,21). The summed E-state index contributed by atoms with van der Waals surface area (Å²) < 4.78 is 4.98. The molecule has 5 heteroatoms. The second-order valence-corrected chi connectivity index (χ2v) is 5.00. The van der Waals surface area contributed by atoms with Crippen LogP contribution in [0.4, 0.5) is 5.69 Å². The van der Waals surface area contributed by atoms with E-state index in [-0.39, 0.29) is 5.91 Å². The Morgan fingerprint density at radius 2 is 2.14 bits per heavy atom. The third kappa shape index (κ3) is 3.09. The number of aryl methyl sites for hydroxylation is 1. The van der Waals surface area contributed by atoms with E-state index in [0.717, 1.165) is 11.1 Å². The fourth-order valence-corrected chi connectivity index (χ4v) is 2.39. The summed E-state index contributed by atoms with van der Waals surface area (Å²) in [6.45, 7) is 0. The summed E-state index contributed by atoms with van der Waals surface area (Å²) in [7, 11) is 1.56. The maximum Gasteiger partial charge on any atom is 0.224 e. The second kappa shape index (κ2) is 6.30. The molecule has 22 heavy (non-hydrogen) atoms. The molecule has 3 rings (SSSR count). The number of para-hydroxylation sites is 1. The van der Waals surface area contributed by atoms with E-state index >= 15 is 0 Å². The molecule has 0 aliphatic rings. The molecule has 0 aliphatic carbocycles. The van der Waals surface area contributed by atoms with Crippen LogP contribution in [-0.2, 0) is 11.2 Å². The molecule has 0 saturated heterocycles. The molecule has 0 atom stereocenters. The van der Waals surface area contributed by atoms with E-state index in [1.165, 1.54) is 5.39 Å². The number of pyridine rings is 1. The third-order valence-electron chi connectivity index (χ3n) is 3.53. The molecule has 5 nitrogen and oxygen atoms in total. The Bertz CT molecular complexity index is 778. The van der Waals surface area contributed by atoms with Crippen molar-refractivity contribution in [1.82, 2.24) is 9.97 Å². The molecular weight excluding hydrogens is 278 g/mol. The van der Waals surface area contributed by atoms with Crippen LogP contribution in [0.15, 0.2) is 48.8 Å². The molecule has 1 amide bonds. The number of methoxy groups -OCH3 is 1. The smallest absolute Gasteiger partial charge is 0.224 e. The Morgan fingerprint density at radius 1 is 1.27 bits per heavy atom. The summed E-state index contributed by atoms with van der Waals surface area (Å²) in [5.41, 5.74) is 2.92. The van der Waals surface area contributed by atoms with Crippen molar-refractivity contribution in [3.05, 3.63) is 54.4 Å². The quantitative estimate of drug-likeness (QED) is 0.760. The first kappa shape index (κ1) is 14.1. The first-order chi connectivity index (χ1) is 10.8. The number of H-pyrrole nitrogens is 1. The molecule has 112 valence electrons. The van der Waals surface area contributed by atoms with Crippen LogP contribution in [0, 0.1) is 0 Å². The summed E-state index contributed by atoms with van der Waals surface area (Å²) in [5.74, 6) is 0.494. The van der Waals surface area contributed by atoms with Gasteiger partial charge in [-0.15, -0.1) is 0 Å². The molecule has 0 spiro atoms. The number of benzene rings is 1. The molecule has 3 aromatic rings. The topological polar surface area (TPSA) is 67.0 Å². The van der Waals surface area contributed by atoms with Crippen molar-refractivity contribution in [3.63, 3.8) is 0 Å². The van der Waals surface area contributed by atoms with Crippen LogP contribution in [0.2, 0.25) is 0 Å². The number of nitrogens with zero attached hydrogens (tertiary/aromatic N) is 1. The first-order valence-corrected chi connectivity index (χ1v) is 7.11. The van der Waals surface area contributed by atoms with Gasteiger partial charge in [-0.3, -0.25) is 4.79 Å². The summed E-state index contributed by atoms with van der Waals surface area (Å²) in [4.78, 5) is 19.3. The SMILES string of the molecule is COc1ccc(NC(=O)CCc2c[nH]c3ccccc23)cn1. The molecular formula is C17H17N3O2. The predicted octanol–water partition coefficient (Wildman–Crippen LogP) is 3.14. The average Bonchev–Trinajstić information content (AvgIpc) is 2.97. The van der Waals surface area contributed by atoms with Gasteiger partial charge < -0.3 is 15.0 Å². The zero-order valence-corrected chi connectivity index (χ0v) is 12.3. The van der Waals surface area contributed by atoms with Crippen molar-refractivity contribution >= 4 is 22.5 Å². The number of nitrogens with one attached hydrogen (secondary N) is 2. The number of carbonyl (C=O) groups excluding carboxylic acids is 1. The zero-order chi connectivity index (χ0) is 15.4. The summed E-state index contributed by atoms with van der Waals surface area (Å²) >= 11 is 0. The van der Waals surface area contributed by atoms with Gasteiger partial charge in [0.15, 0.2) is 0 Å². The minimum atomic E-state index is -0.0303. The number of aromatic amines is 1. The van der Waals surface area contributed by atoms with Crippen LogP contribution in [0.25, 0.3) is 10.9 Å². The van der Waals surface area contributed by atoms with E-state index < -0.39 is 0 Å². The van der Waals surface area contributed by atoms with Crippen LogP contribution in [-0.4, -0.2) is 23.0 Å². The minimum Gasteiger partial charge on any atom is -0.481 e. The number of anilines is 1. The van der Waals surface area contributed by atoms with Crippen molar-refractivity contribution in [3.8, 4) is 5.88 Å². The van der Waals surface area contributed by atoms with Gasteiger partial charge in [0.1, 0.15) is 0 Å². The lowest BCUT2D eigenvalue weighted by Gasteiger charge is -2.05. The number of rotatable bonds is 5. The van der Waals surface area contributed by atoms with Crippen molar-refractivity contribution in [2.45, 2.75) is 12.8 Å². The monoisotopic (exact) mass is 295 g/mol. The fourth-order valence-electron chi connectivity index (χ4n) is 2.39. The van der Waals surface area contributed by atoms with Crippen LogP contribution < -0.4 is 10.1 Å². The highest BCUT2D eigenvalue weighted by Gasteiger charge is 2.07. The van der Waals surface area contributed by atoms with Gasteiger partial charge in [-0.2, -0.15) is 0 Å². The largest absolute Gasteiger partial charge is 0.481 e. The molecule has 0 unspecified atom stereocenters. The van der Waals surface area contributed by atoms with Crippen LogP contribution in [0.1, 0.15) is 12.0 Å². The Labute approximate surface area is 128 Å². The number of ether oxygens (including phenoxy) is 1. The zero-order valence-electron chi connectivity index (χ0n) is 12.3. The highest BCUT2D eigenvalue weighted by atomic mass is 16.5. The minimum absolute atomic E-state index is 0.0303. The lowest BCUT2D eigenvalue weighted by Crippen LogP contribution is -2.12. The summed E-state index contributed by atoms with van der Waals surface area (Å²) in [6.07, 6.45) is 4.67. The number of hydrogen-bond donors (Lipinski definition) is 2. The van der Waals surface area contributed by atoms with Gasteiger partial charge in [0.25, 0.3) is 0 Å². The third-order valence-corrected chi connectivity index (χ3v) is 3.53. The molecule has 0 radical (unpaired) electrons. The fraction of sp³-hybridized carbons (Fsp3) is 0.176. The lowest BCUT2D eigenvalue weighted by molar-refractivity contribution is -0.116. The number of amides is 1. The molecule has 2 aromatic heterocycles. The van der Waals surface area contributed by atoms with Gasteiger partial charge in [-0.25, -0.2) is 4.98 Å². The summed E-state index contributed by atoms with van der Waals surface area (Å²) in [5, 5.41) is 4.00. The van der Waals surface area contributed by atoms with Crippen molar-refractivity contribution < 1.29 is 9.53 Å². The van der Waals surface area contributed by atoms with Gasteiger partial charge in [0, 0.05) is 29.6 Å². The molecule has 1 aromatic carbocycles. The van der Waals surface area contributed by atoms with Crippen molar-refractivity contribution in [2.24, 2.45) is 0 Å². The number of carbonyl (C=O) groups is 1. The van der Waals surface area contributed by atoms with Gasteiger partial charge in [-0.1, -0.05) is 18.2 Å². The molecule has 0 bridgehead atoms. The summed E-state index contributed by atoms with van der Waals surface area (Å²) in [6, 6.07) is 11.6. The van der Waals surface area contributed by atoms with Gasteiger partial charge >= 0.3 is 0 Å². The van der Waals surface area contributed by atoms with Crippen molar-refractivity contribution in [1.29, 1.82) is 0 Å². The predicted molar refractivity (Wildman–Crippen MR) is 86.0 cm³/mol. The maximum absolute atomic E-state index is 12.0. The van der Waals surface area contributed by atoms with E-state index in [4.69, 9.17) is 4.74 Å². The van der Waals surface area contributed by atoms with Gasteiger partial charge in [0.05, 0.1) is 19.0 Å². The van der Waals surface area contributed by atoms with Crippen molar-refractivity contribution in [2.75, 3.05) is 12.4 Å². The molecule has 0 fully saturated rings. The highest BCUT2D eigenvalue weighted by molar-refractivity contribution is 5.91. The van der Waals surface area contributed by atoms with Crippen LogP contribution >= 0.6 is 0 Å². The van der Waals surface area contributed by atoms with Crippen LogP contribution in [0.5, 0.6) is 5.88 Å². The number of hydrogen-bond acceptors (Lipinski definition) is 3. The van der Waals surface area contributed by atoms with Gasteiger partial charge in [0.2, 0.25) is 11.8 Å². The van der Waals surface area contributed by atoms with E-state index in [9.17, 15) is 4.79 Å². The Kier molecular flexibility index (Phi) is 4.05. The van der Waals surface area contributed by atoms with E-state index in [0.29, 0.717) is 24.4 Å². The highest BCUT2D eigenvalue weighted by Crippen LogP contribution is 2.19. The van der Waals surface area contributed by atoms with Crippen LogP contribution in [0.3, 0.4) is 0 Å². The van der Waals surface area contributed by atoms with E-state index in [1.54, 1.807) is 25.4 Å². The number of fused-ring (bicyclic) bond motifs is 1. The maximum atomic E-state index is 12.0. The molecule has 2 heterocycles. The molecule has 2 N–H and O–H groups in total. The Hall–Kier alpha value is -2.82. The first-order valence-electron chi connectivity index (χ1n) is 7.11. The average molecular weight is 295 g/mol. The number of aromatic nitrogens is 2. The lowest BCUT2D eigenvalue weighted by atomic mass is 10.1. The normalized spacial score (nSPS) is 10.6. The second-order valence-electron chi connectivity index (χ2n) is 5.00. The van der Waals surface area contributed by atoms with E-state index in [1.807, 2.05) is 24.4 Å². The van der Waals surface area contributed by atoms with Gasteiger partial charge in [-0.05, 0) is 24.1 Å².